The van der Waals surface area contributed by atoms with Gasteiger partial charge in [0, 0.05) is 18.3 Å². The fourth-order valence-electron chi connectivity index (χ4n) is 3.77. The summed E-state index contributed by atoms with van der Waals surface area (Å²) in [5, 5.41) is 11.5. The molecule has 1 saturated heterocycles. The van der Waals surface area contributed by atoms with E-state index in [0.29, 0.717) is 40.3 Å². The van der Waals surface area contributed by atoms with Crippen LogP contribution in [0.2, 0.25) is 5.02 Å². The lowest BCUT2D eigenvalue weighted by Gasteiger charge is -2.18. The molecule has 0 spiro atoms. The van der Waals surface area contributed by atoms with Crippen molar-refractivity contribution in [3.05, 3.63) is 23.2 Å². The lowest BCUT2D eigenvalue weighted by Crippen LogP contribution is -2.29. The maximum Gasteiger partial charge on any atom is 0.286 e. The highest BCUT2D eigenvalue weighted by molar-refractivity contribution is 8.15. The molecule has 1 saturated carbocycles. The zero-order valence-electron chi connectivity index (χ0n) is 18.2. The number of rotatable bonds is 8. The lowest BCUT2D eigenvalue weighted by molar-refractivity contribution is -0.118. The Kier molecular flexibility index (Phi) is 7.71. The van der Waals surface area contributed by atoms with Crippen LogP contribution in [-0.2, 0) is 4.79 Å². The second-order valence-corrected chi connectivity index (χ2v) is 9.46. The van der Waals surface area contributed by atoms with E-state index in [4.69, 9.17) is 16.3 Å². The van der Waals surface area contributed by atoms with Crippen molar-refractivity contribution in [3.8, 4) is 5.75 Å². The van der Waals surface area contributed by atoms with Crippen molar-refractivity contribution in [1.29, 1.82) is 0 Å². The van der Waals surface area contributed by atoms with Crippen LogP contribution in [0.15, 0.2) is 18.2 Å². The number of carbonyl (C=O) groups is 2. The maximum absolute atomic E-state index is 11.9. The van der Waals surface area contributed by atoms with Gasteiger partial charge in [0.05, 0.1) is 12.1 Å². The summed E-state index contributed by atoms with van der Waals surface area (Å²) in [5.41, 5.74) is 0.690. The van der Waals surface area contributed by atoms with Crippen molar-refractivity contribution in [3.63, 3.8) is 0 Å². The van der Waals surface area contributed by atoms with Crippen LogP contribution in [0.3, 0.4) is 0 Å². The van der Waals surface area contributed by atoms with Crippen molar-refractivity contribution in [2.24, 2.45) is 0 Å². The summed E-state index contributed by atoms with van der Waals surface area (Å²) >= 11 is 7.19. The number of imide groups is 1. The number of nitrogens with zero attached hydrogens (tertiary/aromatic N) is 3. The highest BCUT2D eigenvalue weighted by Gasteiger charge is 2.31. The molecule has 1 aromatic heterocycles. The molecule has 1 atom stereocenters. The number of benzene rings is 1. The topological polar surface area (TPSA) is 130 Å². The highest BCUT2D eigenvalue weighted by atomic mass is 35.5. The molecule has 4 N–H and O–H groups in total. The SMILES string of the molecule is COc1ccc(Nc2nc(NCC3SC(=O)NC3=O)nc(NC3CCCCCC3)n2)cc1Cl. The minimum absolute atomic E-state index is 0.211. The van der Waals surface area contributed by atoms with Gasteiger partial charge in [-0.25, -0.2) is 0 Å². The Hall–Kier alpha value is -2.79. The van der Waals surface area contributed by atoms with Crippen LogP contribution < -0.4 is 26.0 Å². The van der Waals surface area contributed by atoms with Crippen LogP contribution >= 0.6 is 23.4 Å². The molecule has 4 rings (SSSR count). The molecule has 2 aromatic rings. The van der Waals surface area contributed by atoms with Crippen molar-refractivity contribution >= 4 is 58.0 Å². The van der Waals surface area contributed by atoms with E-state index in [1.807, 2.05) is 6.07 Å². The molecule has 10 nitrogen and oxygen atoms in total. The summed E-state index contributed by atoms with van der Waals surface area (Å²) < 4.78 is 5.20. The molecule has 33 heavy (non-hydrogen) atoms. The molecular weight excluding hydrogens is 466 g/mol. The van der Waals surface area contributed by atoms with Crippen LogP contribution in [-0.4, -0.2) is 51.0 Å². The molecule has 0 bridgehead atoms. The third kappa shape index (κ3) is 6.38. The number of carbonyl (C=O) groups excluding carboxylic acids is 2. The van der Waals surface area contributed by atoms with E-state index in [1.165, 1.54) is 25.7 Å². The van der Waals surface area contributed by atoms with E-state index in [1.54, 1.807) is 19.2 Å². The van der Waals surface area contributed by atoms with Gasteiger partial charge in [0.25, 0.3) is 5.24 Å². The maximum atomic E-state index is 11.9. The van der Waals surface area contributed by atoms with Crippen LogP contribution in [0.25, 0.3) is 0 Å². The number of amides is 2. The number of anilines is 4. The largest absolute Gasteiger partial charge is 0.495 e. The van der Waals surface area contributed by atoms with E-state index in [9.17, 15) is 9.59 Å². The molecular formula is C21H26ClN7O3S. The van der Waals surface area contributed by atoms with Crippen molar-refractivity contribution < 1.29 is 14.3 Å². The Morgan fingerprint density at radius 2 is 1.82 bits per heavy atom. The summed E-state index contributed by atoms with van der Waals surface area (Å²) in [5.74, 6) is 1.31. The van der Waals surface area contributed by atoms with E-state index >= 15 is 0 Å². The minimum atomic E-state index is -0.538. The fraction of sp³-hybridized carbons (Fsp3) is 0.476. The van der Waals surface area contributed by atoms with Crippen LogP contribution in [0.1, 0.15) is 38.5 Å². The van der Waals surface area contributed by atoms with Crippen LogP contribution in [0.4, 0.5) is 28.3 Å². The fourth-order valence-corrected chi connectivity index (χ4v) is 4.77. The Morgan fingerprint density at radius 3 is 2.48 bits per heavy atom. The number of hydrogen-bond acceptors (Lipinski definition) is 10. The third-order valence-corrected chi connectivity index (χ3v) is 6.72. The number of nitrogens with one attached hydrogen (secondary N) is 4. The highest BCUT2D eigenvalue weighted by Crippen LogP contribution is 2.29. The summed E-state index contributed by atoms with van der Waals surface area (Å²) in [6.07, 6.45) is 6.95. The molecule has 1 aromatic carbocycles. The Morgan fingerprint density at radius 1 is 1.09 bits per heavy atom. The minimum Gasteiger partial charge on any atom is -0.495 e. The van der Waals surface area contributed by atoms with Crippen molar-refractivity contribution in [2.75, 3.05) is 29.6 Å². The number of methoxy groups -OCH3 is 1. The molecule has 2 fully saturated rings. The van der Waals surface area contributed by atoms with Gasteiger partial charge in [-0.2, -0.15) is 15.0 Å². The first-order valence-electron chi connectivity index (χ1n) is 10.9. The zero-order valence-corrected chi connectivity index (χ0v) is 19.8. The summed E-state index contributed by atoms with van der Waals surface area (Å²) in [4.78, 5) is 36.8. The summed E-state index contributed by atoms with van der Waals surface area (Å²) in [6, 6.07) is 5.58. The van der Waals surface area contributed by atoms with Gasteiger partial charge in [-0.15, -0.1) is 0 Å². The quantitative estimate of drug-likeness (QED) is 0.399. The first-order valence-corrected chi connectivity index (χ1v) is 12.1. The second-order valence-electron chi connectivity index (χ2n) is 7.88. The van der Waals surface area contributed by atoms with E-state index < -0.39 is 5.25 Å². The number of ether oxygens (including phenoxy) is 1. The standard InChI is InChI=1S/C21H26ClN7O3S/c1-32-15-9-8-13(10-14(15)22)25-20-28-18(23-11-16-17(30)26-21(31)33-16)27-19(29-20)24-12-6-4-2-3-5-7-12/h8-10,12,16H,2-7,11H2,1H3,(H,26,30,31)(H3,23,24,25,27,28,29). The molecule has 1 unspecified atom stereocenters. The molecule has 0 radical (unpaired) electrons. The predicted molar refractivity (Wildman–Crippen MR) is 130 cm³/mol. The summed E-state index contributed by atoms with van der Waals surface area (Å²) in [7, 11) is 1.56. The lowest BCUT2D eigenvalue weighted by atomic mass is 10.1. The number of hydrogen-bond donors (Lipinski definition) is 4. The molecule has 12 heteroatoms. The van der Waals surface area contributed by atoms with Gasteiger partial charge in [0.1, 0.15) is 11.0 Å². The van der Waals surface area contributed by atoms with Crippen molar-refractivity contribution in [1.82, 2.24) is 20.3 Å². The summed E-state index contributed by atoms with van der Waals surface area (Å²) in [6.45, 7) is 0.211. The zero-order chi connectivity index (χ0) is 23.2. The third-order valence-electron chi connectivity index (χ3n) is 5.44. The first kappa shape index (κ1) is 23.4. The van der Waals surface area contributed by atoms with Gasteiger partial charge in [0.2, 0.25) is 23.8 Å². The average Bonchev–Trinajstić information content (AvgIpc) is 2.95. The Bertz CT molecular complexity index is 1020. The Labute approximate surface area is 201 Å². The van der Waals surface area contributed by atoms with Crippen molar-refractivity contribution in [2.45, 2.75) is 49.8 Å². The molecule has 2 amide bonds. The smallest absolute Gasteiger partial charge is 0.286 e. The first-order chi connectivity index (χ1) is 16.0. The van der Waals surface area contributed by atoms with E-state index in [2.05, 4.69) is 36.2 Å². The van der Waals surface area contributed by atoms with Gasteiger partial charge in [-0.1, -0.05) is 37.3 Å². The van der Waals surface area contributed by atoms with Gasteiger partial charge in [-0.05, 0) is 42.8 Å². The molecule has 176 valence electrons. The van der Waals surface area contributed by atoms with Crippen LogP contribution in [0.5, 0.6) is 5.75 Å². The van der Waals surface area contributed by atoms with Gasteiger partial charge in [-0.3, -0.25) is 14.9 Å². The van der Waals surface area contributed by atoms with E-state index in [-0.39, 0.29) is 17.7 Å². The van der Waals surface area contributed by atoms with Gasteiger partial charge in [0.15, 0.2) is 0 Å². The number of thioether (sulfide) groups is 1. The van der Waals surface area contributed by atoms with Gasteiger partial charge < -0.3 is 20.7 Å². The van der Waals surface area contributed by atoms with Crippen LogP contribution in [0, 0.1) is 0 Å². The molecule has 1 aliphatic heterocycles. The molecule has 2 aliphatic rings. The Balaban J connectivity index is 1.53. The molecule has 2 heterocycles. The molecule has 1 aliphatic carbocycles. The van der Waals surface area contributed by atoms with E-state index in [0.717, 1.165) is 24.6 Å². The number of halogens is 1. The second kappa shape index (κ2) is 10.9. The number of aromatic nitrogens is 3. The normalized spacial score (nSPS) is 19.0. The average molecular weight is 492 g/mol. The predicted octanol–water partition coefficient (Wildman–Crippen LogP) is 4.18. The van der Waals surface area contributed by atoms with Gasteiger partial charge >= 0.3 is 0 Å². The monoisotopic (exact) mass is 491 g/mol.